The molecule has 1 fully saturated rings. The standard InChI is InChI=1S/C18H36O2/c1-5-6-7-8-9-10-11-12-13-14-18(4)19-15-17(20-18)16(2)3/h16-17H,5-15H2,1-4H3. The van der Waals surface area contributed by atoms with Crippen molar-refractivity contribution in [3.63, 3.8) is 0 Å². The maximum absolute atomic E-state index is 6.06. The minimum absolute atomic E-state index is 0.290. The lowest BCUT2D eigenvalue weighted by molar-refractivity contribution is -0.163. The van der Waals surface area contributed by atoms with E-state index in [0.29, 0.717) is 12.0 Å². The molecule has 0 saturated carbocycles. The van der Waals surface area contributed by atoms with Gasteiger partial charge in [0, 0.05) is 6.42 Å². The van der Waals surface area contributed by atoms with E-state index < -0.39 is 0 Å². The lowest BCUT2D eigenvalue weighted by Crippen LogP contribution is -2.27. The van der Waals surface area contributed by atoms with Crippen LogP contribution in [0.1, 0.15) is 91.9 Å². The largest absolute Gasteiger partial charge is 0.348 e. The number of ether oxygens (including phenoxy) is 2. The first-order valence-corrected chi connectivity index (χ1v) is 8.89. The van der Waals surface area contributed by atoms with Crippen LogP contribution in [-0.2, 0) is 9.47 Å². The third-order valence-corrected chi connectivity index (χ3v) is 4.43. The number of rotatable bonds is 11. The van der Waals surface area contributed by atoms with Gasteiger partial charge in [-0.05, 0) is 19.3 Å². The van der Waals surface area contributed by atoms with Crippen molar-refractivity contribution >= 4 is 0 Å². The summed E-state index contributed by atoms with van der Waals surface area (Å²) in [5.74, 6) is 0.246. The van der Waals surface area contributed by atoms with E-state index in [4.69, 9.17) is 9.47 Å². The van der Waals surface area contributed by atoms with Crippen molar-refractivity contribution in [3.05, 3.63) is 0 Å². The molecule has 1 saturated heterocycles. The van der Waals surface area contributed by atoms with Crippen LogP contribution in [0.5, 0.6) is 0 Å². The van der Waals surface area contributed by atoms with Crippen LogP contribution in [0.15, 0.2) is 0 Å². The SMILES string of the molecule is CCCCCCCCCCCC1(C)OCC(C(C)C)O1. The summed E-state index contributed by atoms with van der Waals surface area (Å²) >= 11 is 0. The Morgan fingerprint density at radius 1 is 0.950 bits per heavy atom. The van der Waals surface area contributed by atoms with Gasteiger partial charge >= 0.3 is 0 Å². The van der Waals surface area contributed by atoms with E-state index in [0.717, 1.165) is 13.0 Å². The van der Waals surface area contributed by atoms with Gasteiger partial charge in [0.05, 0.1) is 12.7 Å². The van der Waals surface area contributed by atoms with Crippen LogP contribution < -0.4 is 0 Å². The van der Waals surface area contributed by atoms with Gasteiger partial charge in [-0.15, -0.1) is 0 Å². The lowest BCUT2D eigenvalue weighted by atomic mass is 10.0. The zero-order chi connectivity index (χ0) is 14.8. The monoisotopic (exact) mass is 284 g/mol. The van der Waals surface area contributed by atoms with E-state index in [1.807, 2.05) is 0 Å². The highest BCUT2D eigenvalue weighted by Gasteiger charge is 2.37. The molecule has 0 N–H and O–H groups in total. The van der Waals surface area contributed by atoms with Crippen LogP contribution in [0.2, 0.25) is 0 Å². The van der Waals surface area contributed by atoms with Crippen molar-refractivity contribution in [2.75, 3.05) is 6.61 Å². The maximum Gasteiger partial charge on any atom is 0.166 e. The second kappa shape index (κ2) is 9.78. The molecule has 0 aromatic rings. The van der Waals surface area contributed by atoms with Crippen molar-refractivity contribution in [1.29, 1.82) is 0 Å². The molecule has 2 atom stereocenters. The second-order valence-electron chi connectivity index (χ2n) is 6.92. The highest BCUT2D eigenvalue weighted by molar-refractivity contribution is 4.76. The summed E-state index contributed by atoms with van der Waals surface area (Å²) in [6.07, 6.45) is 13.7. The molecule has 2 nitrogen and oxygen atoms in total. The number of hydrogen-bond acceptors (Lipinski definition) is 2. The Morgan fingerprint density at radius 2 is 1.50 bits per heavy atom. The first-order valence-electron chi connectivity index (χ1n) is 8.89. The van der Waals surface area contributed by atoms with Gasteiger partial charge < -0.3 is 9.47 Å². The van der Waals surface area contributed by atoms with Crippen LogP contribution >= 0.6 is 0 Å². The highest BCUT2D eigenvalue weighted by atomic mass is 16.7. The average molecular weight is 284 g/mol. The number of unbranched alkanes of at least 4 members (excludes halogenated alkanes) is 8. The zero-order valence-electron chi connectivity index (χ0n) is 14.2. The topological polar surface area (TPSA) is 18.5 Å². The Morgan fingerprint density at radius 3 is 2.00 bits per heavy atom. The van der Waals surface area contributed by atoms with E-state index in [1.165, 1.54) is 57.8 Å². The molecule has 0 aliphatic carbocycles. The molecule has 2 heteroatoms. The minimum Gasteiger partial charge on any atom is -0.348 e. The molecule has 0 bridgehead atoms. The Labute approximate surface area is 126 Å². The number of hydrogen-bond donors (Lipinski definition) is 0. The van der Waals surface area contributed by atoms with Crippen molar-refractivity contribution in [2.45, 2.75) is 104 Å². The van der Waals surface area contributed by atoms with Crippen LogP contribution in [0.3, 0.4) is 0 Å². The summed E-state index contributed by atoms with van der Waals surface area (Å²) in [4.78, 5) is 0. The van der Waals surface area contributed by atoms with Gasteiger partial charge in [0.1, 0.15) is 0 Å². The maximum atomic E-state index is 6.06. The van der Waals surface area contributed by atoms with Crippen LogP contribution in [0, 0.1) is 5.92 Å². The minimum atomic E-state index is -0.309. The smallest absolute Gasteiger partial charge is 0.166 e. The molecule has 0 spiro atoms. The van der Waals surface area contributed by atoms with Crippen molar-refractivity contribution in [2.24, 2.45) is 5.92 Å². The molecule has 0 amide bonds. The molecule has 20 heavy (non-hydrogen) atoms. The highest BCUT2D eigenvalue weighted by Crippen LogP contribution is 2.31. The second-order valence-corrected chi connectivity index (χ2v) is 6.92. The molecule has 0 radical (unpaired) electrons. The Kier molecular flexibility index (Phi) is 8.79. The fourth-order valence-electron chi connectivity index (χ4n) is 2.86. The average Bonchev–Trinajstić information content (AvgIpc) is 2.80. The van der Waals surface area contributed by atoms with E-state index in [2.05, 4.69) is 27.7 Å². The predicted molar refractivity (Wildman–Crippen MR) is 85.9 cm³/mol. The van der Waals surface area contributed by atoms with Gasteiger partial charge in [-0.3, -0.25) is 0 Å². The van der Waals surface area contributed by atoms with Gasteiger partial charge in [0.15, 0.2) is 5.79 Å². The lowest BCUT2D eigenvalue weighted by Gasteiger charge is -2.24. The molecule has 2 unspecified atom stereocenters. The Balaban J connectivity index is 1.96. The van der Waals surface area contributed by atoms with Crippen LogP contribution in [0.4, 0.5) is 0 Å². The Hall–Kier alpha value is -0.0800. The van der Waals surface area contributed by atoms with Gasteiger partial charge in [0.25, 0.3) is 0 Å². The molecular weight excluding hydrogens is 248 g/mol. The van der Waals surface area contributed by atoms with Crippen LogP contribution in [-0.4, -0.2) is 18.5 Å². The first kappa shape index (κ1) is 18.0. The van der Waals surface area contributed by atoms with Crippen molar-refractivity contribution in [3.8, 4) is 0 Å². The summed E-state index contributed by atoms with van der Waals surface area (Å²) < 4.78 is 11.9. The normalized spacial score (nSPS) is 26.6. The molecule has 120 valence electrons. The van der Waals surface area contributed by atoms with Gasteiger partial charge in [-0.1, -0.05) is 72.1 Å². The van der Waals surface area contributed by atoms with E-state index in [1.54, 1.807) is 0 Å². The molecule has 1 rings (SSSR count). The summed E-state index contributed by atoms with van der Waals surface area (Å²) in [6.45, 7) is 9.57. The third kappa shape index (κ3) is 7.08. The summed E-state index contributed by atoms with van der Waals surface area (Å²) in [5.41, 5.74) is 0. The van der Waals surface area contributed by atoms with E-state index >= 15 is 0 Å². The van der Waals surface area contributed by atoms with Crippen molar-refractivity contribution in [1.82, 2.24) is 0 Å². The van der Waals surface area contributed by atoms with Crippen molar-refractivity contribution < 1.29 is 9.47 Å². The predicted octanol–water partition coefficient (Wildman–Crippen LogP) is 5.69. The quantitative estimate of drug-likeness (QED) is 0.453. The molecule has 0 aromatic carbocycles. The molecular formula is C18H36O2. The fraction of sp³-hybridized carbons (Fsp3) is 1.00. The third-order valence-electron chi connectivity index (χ3n) is 4.43. The summed E-state index contributed by atoms with van der Waals surface area (Å²) in [5, 5.41) is 0. The fourth-order valence-corrected chi connectivity index (χ4v) is 2.86. The molecule has 1 aliphatic heterocycles. The molecule has 0 aromatic heterocycles. The van der Waals surface area contributed by atoms with Crippen LogP contribution in [0.25, 0.3) is 0 Å². The van der Waals surface area contributed by atoms with Gasteiger partial charge in [0.2, 0.25) is 0 Å². The molecule has 1 heterocycles. The van der Waals surface area contributed by atoms with E-state index in [9.17, 15) is 0 Å². The van der Waals surface area contributed by atoms with Gasteiger partial charge in [-0.25, -0.2) is 0 Å². The summed E-state index contributed by atoms with van der Waals surface area (Å²) in [6, 6.07) is 0. The zero-order valence-corrected chi connectivity index (χ0v) is 14.2. The van der Waals surface area contributed by atoms with E-state index in [-0.39, 0.29) is 5.79 Å². The molecule has 1 aliphatic rings. The van der Waals surface area contributed by atoms with Gasteiger partial charge in [-0.2, -0.15) is 0 Å². The summed E-state index contributed by atoms with van der Waals surface area (Å²) in [7, 11) is 0. The first-order chi connectivity index (χ1) is 9.57. The Bertz CT molecular complexity index is 240.